The summed E-state index contributed by atoms with van der Waals surface area (Å²) in [6, 6.07) is 7.36. The predicted octanol–water partition coefficient (Wildman–Crippen LogP) is 5.49. The Kier molecular flexibility index (Phi) is 7.70. The fourth-order valence-corrected chi connectivity index (χ4v) is 9.19. The second-order valence-electron chi connectivity index (χ2n) is 12.8. The number of rotatable bonds is 7. The van der Waals surface area contributed by atoms with Gasteiger partial charge in [-0.1, -0.05) is 11.6 Å². The molecule has 4 saturated carbocycles. The number of hydroxylamine groups is 1. The van der Waals surface area contributed by atoms with E-state index < -0.39 is 11.6 Å². The van der Waals surface area contributed by atoms with Crippen molar-refractivity contribution in [2.24, 2.45) is 28.9 Å². The molecule has 40 heavy (non-hydrogen) atoms. The minimum atomic E-state index is -1.38. The van der Waals surface area contributed by atoms with Crippen molar-refractivity contribution in [1.82, 2.24) is 10.5 Å². The molecule has 5 fully saturated rings. The number of nitrogens with two attached hydrogens (primary N) is 1. The first-order valence-electron chi connectivity index (χ1n) is 14.6. The highest BCUT2D eigenvalue weighted by Crippen LogP contribution is 2.61. The number of amides is 1. The molecule has 4 N–H and O–H groups in total. The van der Waals surface area contributed by atoms with Gasteiger partial charge in [0.15, 0.2) is 5.66 Å². The van der Waals surface area contributed by atoms with Gasteiger partial charge >= 0.3 is 5.97 Å². The lowest BCUT2D eigenvalue weighted by Gasteiger charge is -2.56. The summed E-state index contributed by atoms with van der Waals surface area (Å²) in [7, 11) is 0. The van der Waals surface area contributed by atoms with Crippen LogP contribution in [-0.2, 0) is 14.4 Å². The van der Waals surface area contributed by atoms with Gasteiger partial charge in [0.05, 0.1) is 16.2 Å². The zero-order valence-electron chi connectivity index (χ0n) is 23.4. The molecule has 216 valence electrons. The molecular weight excluding hydrogens is 546 g/mol. The topological polar surface area (TPSA) is 110 Å². The third-order valence-electron chi connectivity index (χ3n) is 9.76. The Bertz CT molecular complexity index is 1270. The minimum Gasteiger partial charge on any atom is -0.368 e. The molecule has 0 spiro atoms. The van der Waals surface area contributed by atoms with Crippen molar-refractivity contribution in [3.8, 4) is 0 Å². The number of hydrogen-bond donors (Lipinski definition) is 3. The maximum atomic E-state index is 13.5. The van der Waals surface area contributed by atoms with Crippen LogP contribution in [-0.4, -0.2) is 47.1 Å². The Labute approximate surface area is 245 Å². The van der Waals surface area contributed by atoms with Crippen LogP contribution in [0.3, 0.4) is 0 Å². The van der Waals surface area contributed by atoms with Crippen LogP contribution in [0.15, 0.2) is 24.3 Å². The number of fused-ring (bicyclic) bond motifs is 1. The summed E-state index contributed by atoms with van der Waals surface area (Å²) in [6.45, 7) is 2.57. The van der Waals surface area contributed by atoms with Crippen LogP contribution in [0.5, 0.6) is 0 Å². The zero-order valence-corrected chi connectivity index (χ0v) is 25.0. The summed E-state index contributed by atoms with van der Waals surface area (Å²) in [6.07, 6.45) is 11.3. The molecule has 1 saturated heterocycles. The van der Waals surface area contributed by atoms with Gasteiger partial charge in [-0.25, -0.2) is 9.78 Å². The van der Waals surface area contributed by atoms with Crippen LogP contribution in [0, 0.1) is 23.2 Å². The van der Waals surface area contributed by atoms with Crippen LogP contribution in [0.2, 0.25) is 5.02 Å². The van der Waals surface area contributed by atoms with E-state index in [-0.39, 0.29) is 17.4 Å². The highest BCUT2D eigenvalue weighted by molar-refractivity contribution is 7.98. The molecule has 2 heterocycles. The Hall–Kier alpha value is -2.07. The number of anilines is 2. The molecule has 1 aromatic heterocycles. The predicted molar refractivity (Wildman–Crippen MR) is 161 cm³/mol. The summed E-state index contributed by atoms with van der Waals surface area (Å²) >= 11 is 8.28. The van der Waals surface area contributed by atoms with Gasteiger partial charge in [-0.2, -0.15) is 17.2 Å². The number of thioether (sulfide) groups is 1. The van der Waals surface area contributed by atoms with Gasteiger partial charge in [0.1, 0.15) is 5.82 Å². The van der Waals surface area contributed by atoms with E-state index in [1.807, 2.05) is 36.3 Å². The van der Waals surface area contributed by atoms with Crippen LogP contribution < -0.4 is 21.4 Å². The third kappa shape index (κ3) is 5.19. The van der Waals surface area contributed by atoms with Crippen LogP contribution in [0.4, 0.5) is 11.5 Å². The smallest absolute Gasteiger partial charge is 0.365 e. The zero-order chi connectivity index (χ0) is 28.1. The molecule has 4 bridgehead atoms. The molecule has 2 aromatic rings. The lowest BCUT2D eigenvalue weighted by atomic mass is 9.49. The van der Waals surface area contributed by atoms with Crippen LogP contribution in [0.1, 0.15) is 64.7 Å². The Morgan fingerprint density at radius 2 is 1.90 bits per heavy atom. The van der Waals surface area contributed by atoms with Gasteiger partial charge in [0, 0.05) is 30.8 Å². The minimum absolute atomic E-state index is 0.0334. The summed E-state index contributed by atoms with van der Waals surface area (Å²) in [5.74, 6) is 3.19. The Balaban J connectivity index is 1.28. The summed E-state index contributed by atoms with van der Waals surface area (Å²) in [5, 5.41) is 4.43. The van der Waals surface area contributed by atoms with Gasteiger partial charge < -0.3 is 15.1 Å². The highest BCUT2D eigenvalue weighted by Gasteiger charge is 2.51. The van der Waals surface area contributed by atoms with E-state index in [0.717, 1.165) is 29.6 Å². The van der Waals surface area contributed by atoms with Crippen molar-refractivity contribution in [1.29, 1.82) is 0 Å². The van der Waals surface area contributed by atoms with Crippen LogP contribution >= 0.6 is 23.4 Å². The van der Waals surface area contributed by atoms with E-state index in [0.29, 0.717) is 47.2 Å². The molecule has 5 aliphatic rings. The number of aromatic nitrogens is 1. The van der Waals surface area contributed by atoms with E-state index in [1.54, 1.807) is 17.8 Å². The molecule has 2 unspecified atom stereocenters. The normalized spacial score (nSPS) is 33.5. The molecular formula is C30H40ClN5O3S. The van der Waals surface area contributed by atoms with Gasteiger partial charge in [-0.3, -0.25) is 10.5 Å². The maximum absolute atomic E-state index is 13.5. The van der Waals surface area contributed by atoms with Crippen molar-refractivity contribution >= 4 is 57.6 Å². The van der Waals surface area contributed by atoms with Crippen LogP contribution in [0.25, 0.3) is 10.9 Å². The molecule has 1 aromatic carbocycles. The fourth-order valence-electron chi connectivity index (χ4n) is 8.46. The second kappa shape index (κ2) is 11.0. The van der Waals surface area contributed by atoms with E-state index in [4.69, 9.17) is 27.2 Å². The third-order valence-corrected chi connectivity index (χ3v) is 10.7. The molecule has 1 aliphatic heterocycles. The highest BCUT2D eigenvalue weighted by atomic mass is 35.5. The number of nitrogens with zero attached hydrogens (tertiary/aromatic N) is 2. The molecule has 8 nitrogen and oxygen atoms in total. The molecule has 10 heteroatoms. The SMILES string of the molecule is CSCCC1(N)C(=O)ONCCC(C)N1c1ccc2c(NC(=O)CC34CC5CC(CC(C5)C3)C4)c(Cl)ccc2n1. The van der Waals surface area contributed by atoms with Crippen molar-refractivity contribution in [3.05, 3.63) is 29.3 Å². The number of nitrogens with one attached hydrogen (secondary N) is 2. The van der Waals surface area contributed by atoms with Gasteiger partial charge in [0.2, 0.25) is 5.91 Å². The molecule has 7 rings (SSSR count). The number of carbonyl (C=O) groups excluding carboxylic acids is 2. The first-order chi connectivity index (χ1) is 19.2. The monoisotopic (exact) mass is 585 g/mol. The quantitative estimate of drug-likeness (QED) is 0.391. The van der Waals surface area contributed by atoms with E-state index in [2.05, 4.69) is 10.8 Å². The van der Waals surface area contributed by atoms with Crippen molar-refractivity contribution in [2.75, 3.05) is 28.8 Å². The summed E-state index contributed by atoms with van der Waals surface area (Å²) in [4.78, 5) is 38.7. The largest absolute Gasteiger partial charge is 0.368 e. The molecule has 4 aliphatic carbocycles. The Morgan fingerprint density at radius 1 is 1.20 bits per heavy atom. The van der Waals surface area contributed by atoms with Crippen molar-refractivity contribution < 1.29 is 14.4 Å². The standard InChI is InChI=1S/C30H40ClN5O3S/c1-18-7-9-33-39-28(38)30(32,8-10-40-2)36(18)25-6-3-22-24(34-25)5-4-23(31)27(22)35-26(37)17-29-14-19-11-20(15-29)13-21(12-19)16-29/h3-6,18-21,33H,7-17,32H2,1-2H3,(H,35,37). The van der Waals surface area contributed by atoms with E-state index in [1.165, 1.54) is 38.5 Å². The number of hydrogen-bond acceptors (Lipinski definition) is 8. The number of carbonyl (C=O) groups is 2. The second-order valence-corrected chi connectivity index (χ2v) is 14.2. The van der Waals surface area contributed by atoms with E-state index in [9.17, 15) is 9.59 Å². The molecule has 1 amide bonds. The lowest BCUT2D eigenvalue weighted by Crippen LogP contribution is -2.67. The average Bonchev–Trinajstić information content (AvgIpc) is 2.90. The first kappa shape index (κ1) is 28.1. The summed E-state index contributed by atoms with van der Waals surface area (Å²) in [5.41, 5.74) is 9.60. The number of benzene rings is 1. The molecule has 0 radical (unpaired) electrons. The number of pyridine rings is 1. The lowest BCUT2D eigenvalue weighted by molar-refractivity contribution is -0.159. The van der Waals surface area contributed by atoms with Gasteiger partial charge in [-0.15, -0.1) is 0 Å². The summed E-state index contributed by atoms with van der Waals surface area (Å²) < 4.78 is 0. The van der Waals surface area contributed by atoms with Crippen molar-refractivity contribution in [2.45, 2.75) is 76.4 Å². The average molecular weight is 586 g/mol. The van der Waals surface area contributed by atoms with Gasteiger partial charge in [-0.05, 0) is 111 Å². The molecule has 2 atom stereocenters. The van der Waals surface area contributed by atoms with E-state index >= 15 is 0 Å². The fraction of sp³-hybridized carbons (Fsp3) is 0.633. The first-order valence-corrected chi connectivity index (χ1v) is 16.4. The maximum Gasteiger partial charge on any atom is 0.365 e. The Morgan fingerprint density at radius 3 is 2.58 bits per heavy atom. The van der Waals surface area contributed by atoms with Crippen molar-refractivity contribution in [3.63, 3.8) is 0 Å². The van der Waals surface area contributed by atoms with Gasteiger partial charge in [0.25, 0.3) is 0 Å². The number of halogens is 1.